The zero-order valence-corrected chi connectivity index (χ0v) is 13.7. The van der Waals surface area contributed by atoms with Gasteiger partial charge in [-0.1, -0.05) is 6.07 Å². The monoisotopic (exact) mass is 321 g/mol. The molecule has 0 spiro atoms. The van der Waals surface area contributed by atoms with Crippen molar-refractivity contribution in [3.8, 4) is 5.69 Å². The third-order valence-corrected chi connectivity index (χ3v) is 3.83. The second-order valence-corrected chi connectivity index (χ2v) is 5.57. The first kappa shape index (κ1) is 15.9. The highest BCUT2D eigenvalue weighted by Gasteiger charge is 2.14. The average Bonchev–Trinajstić information content (AvgIpc) is 2.99. The Labute approximate surface area is 140 Å². The van der Waals surface area contributed by atoms with Gasteiger partial charge in [0.2, 0.25) is 0 Å². The summed E-state index contributed by atoms with van der Waals surface area (Å²) in [5.74, 6) is -0.118. The average molecular weight is 321 g/mol. The molecule has 122 valence electrons. The molecule has 0 saturated heterocycles. The van der Waals surface area contributed by atoms with E-state index in [9.17, 15) is 4.79 Å². The van der Waals surface area contributed by atoms with Gasteiger partial charge in [-0.25, -0.2) is 4.68 Å². The van der Waals surface area contributed by atoms with E-state index in [2.05, 4.69) is 20.4 Å². The molecule has 0 bridgehead atoms. The van der Waals surface area contributed by atoms with E-state index < -0.39 is 0 Å². The fourth-order valence-corrected chi connectivity index (χ4v) is 2.44. The molecule has 0 radical (unpaired) electrons. The highest BCUT2D eigenvalue weighted by Crippen LogP contribution is 2.13. The number of aromatic nitrogens is 4. The van der Waals surface area contributed by atoms with Crippen molar-refractivity contribution >= 4 is 5.91 Å². The van der Waals surface area contributed by atoms with Crippen molar-refractivity contribution in [2.75, 3.05) is 6.54 Å². The predicted molar refractivity (Wildman–Crippen MR) is 91.1 cm³/mol. The lowest BCUT2D eigenvalue weighted by molar-refractivity contribution is 0.0953. The van der Waals surface area contributed by atoms with Crippen LogP contribution in [0.15, 0.2) is 49.1 Å². The molecule has 0 atom stereocenters. The van der Waals surface area contributed by atoms with Gasteiger partial charge in [-0.2, -0.15) is 5.10 Å². The van der Waals surface area contributed by atoms with Crippen LogP contribution in [0.1, 0.15) is 27.3 Å². The van der Waals surface area contributed by atoms with Crippen LogP contribution in [0.2, 0.25) is 0 Å². The Bertz CT molecular complexity index is 824. The van der Waals surface area contributed by atoms with E-state index in [4.69, 9.17) is 0 Å². The van der Waals surface area contributed by atoms with E-state index in [1.807, 2.05) is 44.3 Å². The van der Waals surface area contributed by atoms with Crippen LogP contribution in [0, 0.1) is 13.8 Å². The first-order chi connectivity index (χ1) is 11.6. The number of carbonyl (C=O) groups excluding carboxylic acids is 1. The van der Waals surface area contributed by atoms with Crippen molar-refractivity contribution in [1.29, 1.82) is 0 Å². The molecule has 0 aliphatic carbocycles. The number of hydrogen-bond donors (Lipinski definition) is 1. The maximum atomic E-state index is 12.4. The molecule has 3 heterocycles. The van der Waals surface area contributed by atoms with Crippen LogP contribution in [0.3, 0.4) is 0 Å². The quantitative estimate of drug-likeness (QED) is 0.782. The number of nitrogens with zero attached hydrogens (tertiary/aromatic N) is 4. The molecule has 6 nitrogen and oxygen atoms in total. The van der Waals surface area contributed by atoms with Crippen LogP contribution in [0.25, 0.3) is 5.69 Å². The SMILES string of the molecule is Cc1ccc(CCNC(=O)c2cnn(-c3ccncc3)c2C)cn1. The number of pyridine rings is 2. The van der Waals surface area contributed by atoms with E-state index in [1.54, 1.807) is 23.3 Å². The van der Waals surface area contributed by atoms with Crippen molar-refractivity contribution in [3.63, 3.8) is 0 Å². The van der Waals surface area contributed by atoms with Gasteiger partial charge in [0.15, 0.2) is 0 Å². The van der Waals surface area contributed by atoms with Crippen molar-refractivity contribution in [2.45, 2.75) is 20.3 Å². The lowest BCUT2D eigenvalue weighted by Gasteiger charge is -2.06. The summed E-state index contributed by atoms with van der Waals surface area (Å²) in [4.78, 5) is 20.6. The molecule has 0 aliphatic rings. The highest BCUT2D eigenvalue weighted by atomic mass is 16.1. The van der Waals surface area contributed by atoms with Gasteiger partial charge in [0.1, 0.15) is 0 Å². The molecule has 3 rings (SSSR count). The Morgan fingerprint density at radius 1 is 1.12 bits per heavy atom. The summed E-state index contributed by atoms with van der Waals surface area (Å²) in [6, 6.07) is 7.71. The van der Waals surface area contributed by atoms with Crippen LogP contribution in [-0.2, 0) is 6.42 Å². The Morgan fingerprint density at radius 3 is 2.62 bits per heavy atom. The zero-order valence-electron chi connectivity index (χ0n) is 13.7. The molecule has 6 heteroatoms. The summed E-state index contributed by atoms with van der Waals surface area (Å²) in [6.45, 7) is 4.39. The predicted octanol–water partition coefficient (Wildman–Crippen LogP) is 2.25. The van der Waals surface area contributed by atoms with Gasteiger partial charge in [-0.3, -0.25) is 14.8 Å². The van der Waals surface area contributed by atoms with E-state index in [0.29, 0.717) is 12.1 Å². The molecule has 24 heavy (non-hydrogen) atoms. The van der Waals surface area contributed by atoms with Gasteiger partial charge in [0.25, 0.3) is 5.91 Å². The Kier molecular flexibility index (Phi) is 4.65. The lowest BCUT2D eigenvalue weighted by Crippen LogP contribution is -2.26. The lowest BCUT2D eigenvalue weighted by atomic mass is 10.2. The van der Waals surface area contributed by atoms with Gasteiger partial charge in [-0.05, 0) is 44.0 Å². The standard InChI is InChI=1S/C18H19N5O/c1-13-3-4-15(11-21-13)5-10-20-18(24)17-12-22-23(14(17)2)16-6-8-19-9-7-16/h3-4,6-9,11-12H,5,10H2,1-2H3,(H,20,24). The third-order valence-electron chi connectivity index (χ3n) is 3.83. The van der Waals surface area contributed by atoms with E-state index in [-0.39, 0.29) is 5.91 Å². The minimum atomic E-state index is -0.118. The number of amides is 1. The first-order valence-corrected chi connectivity index (χ1v) is 7.80. The Balaban J connectivity index is 1.63. The van der Waals surface area contributed by atoms with Crippen LogP contribution < -0.4 is 5.32 Å². The Hall–Kier alpha value is -3.02. The number of rotatable bonds is 5. The molecule has 3 aromatic heterocycles. The Morgan fingerprint density at radius 2 is 1.92 bits per heavy atom. The molecule has 0 fully saturated rings. The van der Waals surface area contributed by atoms with Gasteiger partial charge >= 0.3 is 0 Å². The largest absolute Gasteiger partial charge is 0.352 e. The van der Waals surface area contributed by atoms with Gasteiger partial charge in [0, 0.05) is 30.8 Å². The smallest absolute Gasteiger partial charge is 0.254 e. The molecule has 1 amide bonds. The normalized spacial score (nSPS) is 10.6. The van der Waals surface area contributed by atoms with Crippen LogP contribution >= 0.6 is 0 Å². The molecular weight excluding hydrogens is 302 g/mol. The molecule has 0 aliphatic heterocycles. The van der Waals surface area contributed by atoms with Crippen LogP contribution in [-0.4, -0.2) is 32.2 Å². The van der Waals surface area contributed by atoms with Crippen molar-refractivity contribution < 1.29 is 4.79 Å². The summed E-state index contributed by atoms with van der Waals surface area (Å²) >= 11 is 0. The number of hydrogen-bond acceptors (Lipinski definition) is 4. The number of nitrogens with one attached hydrogen (secondary N) is 1. The van der Waals surface area contributed by atoms with E-state index in [0.717, 1.165) is 29.1 Å². The summed E-state index contributed by atoms with van der Waals surface area (Å²) in [5, 5.41) is 7.24. The van der Waals surface area contributed by atoms with Gasteiger partial charge in [-0.15, -0.1) is 0 Å². The van der Waals surface area contributed by atoms with Crippen molar-refractivity contribution in [3.05, 3.63) is 71.6 Å². The topological polar surface area (TPSA) is 72.7 Å². The van der Waals surface area contributed by atoms with Crippen LogP contribution in [0.4, 0.5) is 0 Å². The van der Waals surface area contributed by atoms with Crippen molar-refractivity contribution in [1.82, 2.24) is 25.1 Å². The summed E-state index contributed by atoms with van der Waals surface area (Å²) in [7, 11) is 0. The van der Waals surface area contributed by atoms with Gasteiger partial charge < -0.3 is 5.32 Å². The van der Waals surface area contributed by atoms with Crippen molar-refractivity contribution in [2.24, 2.45) is 0 Å². The van der Waals surface area contributed by atoms with E-state index in [1.165, 1.54) is 0 Å². The fourth-order valence-electron chi connectivity index (χ4n) is 2.44. The zero-order chi connectivity index (χ0) is 16.9. The number of aryl methyl sites for hydroxylation is 1. The second-order valence-electron chi connectivity index (χ2n) is 5.57. The minimum absolute atomic E-state index is 0.118. The van der Waals surface area contributed by atoms with E-state index >= 15 is 0 Å². The molecule has 3 aromatic rings. The second kappa shape index (κ2) is 7.04. The fraction of sp³-hybridized carbons (Fsp3) is 0.222. The number of carbonyl (C=O) groups is 1. The third kappa shape index (κ3) is 3.48. The molecule has 0 aromatic carbocycles. The maximum Gasteiger partial charge on any atom is 0.254 e. The summed E-state index contributed by atoms with van der Waals surface area (Å²) in [6.07, 6.45) is 7.58. The minimum Gasteiger partial charge on any atom is -0.352 e. The molecule has 0 unspecified atom stereocenters. The molecule has 0 saturated carbocycles. The molecule has 1 N–H and O–H groups in total. The maximum absolute atomic E-state index is 12.4. The molecular formula is C18H19N5O. The summed E-state index contributed by atoms with van der Waals surface area (Å²) < 4.78 is 1.74. The van der Waals surface area contributed by atoms with Crippen LogP contribution in [0.5, 0.6) is 0 Å². The van der Waals surface area contributed by atoms with Gasteiger partial charge in [0.05, 0.1) is 23.1 Å². The first-order valence-electron chi connectivity index (χ1n) is 7.80. The highest BCUT2D eigenvalue weighted by molar-refractivity contribution is 5.95. The summed E-state index contributed by atoms with van der Waals surface area (Å²) in [5.41, 5.74) is 4.35.